The van der Waals surface area contributed by atoms with Crippen LogP contribution in [-0.4, -0.2) is 53.4 Å². The molecule has 1 saturated heterocycles. The molecule has 0 bridgehead atoms. The maximum Gasteiger partial charge on any atom is 0.140 e. The van der Waals surface area contributed by atoms with Crippen molar-refractivity contribution in [2.45, 2.75) is 18.9 Å². The number of nitrogens with one attached hydrogen (secondary N) is 2. The number of methoxy groups -OCH3 is 1. The molecule has 0 amide bonds. The number of pyridine rings is 2. The van der Waals surface area contributed by atoms with Crippen LogP contribution in [0.3, 0.4) is 0 Å². The fourth-order valence-electron chi connectivity index (χ4n) is 3.91. The molecule has 5 rings (SSSR count). The fraction of sp³-hybridized carbons (Fsp3) is 0.318. The van der Waals surface area contributed by atoms with Crippen LogP contribution in [0.15, 0.2) is 47.7 Å². The van der Waals surface area contributed by atoms with Crippen molar-refractivity contribution >= 4 is 23.3 Å². The summed E-state index contributed by atoms with van der Waals surface area (Å²) >= 11 is 0. The Kier molecular flexibility index (Phi) is 4.73. The van der Waals surface area contributed by atoms with E-state index in [9.17, 15) is 0 Å². The standard InChI is InChI=1S/C22H24N6O/c1-29-20-10-22-25-13-19(28(22)14-17(20)15-4-3-8-23-11-15)18-5-2-6-21(27-18)26-16-7-9-24-12-16/h2,4-6,10-11,13-14,16,24H,3,7-9,12H2,1H3,(H,26,27). The molecule has 3 aromatic rings. The molecule has 0 spiro atoms. The van der Waals surface area contributed by atoms with Crippen LogP contribution in [0, 0.1) is 0 Å². The van der Waals surface area contributed by atoms with Gasteiger partial charge in [-0.05, 0) is 31.5 Å². The van der Waals surface area contributed by atoms with Gasteiger partial charge in [0.2, 0.25) is 0 Å². The van der Waals surface area contributed by atoms with Gasteiger partial charge in [-0.3, -0.25) is 9.39 Å². The van der Waals surface area contributed by atoms with Gasteiger partial charge in [0, 0.05) is 48.7 Å². The highest BCUT2D eigenvalue weighted by Gasteiger charge is 2.17. The molecule has 0 saturated carbocycles. The van der Waals surface area contributed by atoms with Crippen molar-refractivity contribution in [2.75, 3.05) is 32.1 Å². The number of imidazole rings is 1. The van der Waals surface area contributed by atoms with Gasteiger partial charge in [-0.2, -0.15) is 0 Å². The van der Waals surface area contributed by atoms with E-state index in [1.54, 1.807) is 7.11 Å². The Labute approximate surface area is 169 Å². The van der Waals surface area contributed by atoms with Crippen LogP contribution < -0.4 is 15.4 Å². The number of hydrogen-bond donors (Lipinski definition) is 2. The van der Waals surface area contributed by atoms with E-state index in [0.717, 1.165) is 72.2 Å². The van der Waals surface area contributed by atoms with E-state index in [1.165, 1.54) is 0 Å². The number of aromatic nitrogens is 3. The van der Waals surface area contributed by atoms with Crippen molar-refractivity contribution in [3.63, 3.8) is 0 Å². The molecule has 3 aromatic heterocycles. The highest BCUT2D eigenvalue weighted by atomic mass is 16.5. The average molecular weight is 388 g/mol. The van der Waals surface area contributed by atoms with Gasteiger partial charge in [0.1, 0.15) is 17.2 Å². The second kappa shape index (κ2) is 7.67. The lowest BCUT2D eigenvalue weighted by Crippen LogP contribution is -2.22. The normalized spacial score (nSPS) is 18.8. The van der Waals surface area contributed by atoms with Gasteiger partial charge in [-0.15, -0.1) is 0 Å². The predicted molar refractivity (Wildman–Crippen MR) is 116 cm³/mol. The zero-order valence-corrected chi connectivity index (χ0v) is 16.4. The summed E-state index contributed by atoms with van der Waals surface area (Å²) in [6.07, 6.45) is 10.1. The first-order chi connectivity index (χ1) is 14.3. The Morgan fingerprint density at radius 3 is 3.07 bits per heavy atom. The Morgan fingerprint density at radius 1 is 1.31 bits per heavy atom. The van der Waals surface area contributed by atoms with Crippen LogP contribution in [0.4, 0.5) is 5.82 Å². The summed E-state index contributed by atoms with van der Waals surface area (Å²) in [5.74, 6) is 1.69. The first-order valence-corrected chi connectivity index (χ1v) is 10.0. The number of dihydropyridines is 1. The van der Waals surface area contributed by atoms with Crippen LogP contribution >= 0.6 is 0 Å². The second-order valence-corrected chi connectivity index (χ2v) is 7.35. The van der Waals surface area contributed by atoms with Gasteiger partial charge in [-0.1, -0.05) is 12.1 Å². The van der Waals surface area contributed by atoms with E-state index in [0.29, 0.717) is 6.04 Å². The van der Waals surface area contributed by atoms with Crippen molar-refractivity contribution in [3.05, 3.63) is 48.3 Å². The number of ether oxygens (including phenoxy) is 1. The summed E-state index contributed by atoms with van der Waals surface area (Å²) in [6, 6.07) is 8.46. The summed E-state index contributed by atoms with van der Waals surface area (Å²) in [7, 11) is 1.69. The second-order valence-electron chi connectivity index (χ2n) is 7.35. The van der Waals surface area contributed by atoms with E-state index < -0.39 is 0 Å². The maximum atomic E-state index is 5.63. The molecule has 2 aliphatic heterocycles. The third-order valence-corrected chi connectivity index (χ3v) is 5.42. The number of rotatable bonds is 5. The summed E-state index contributed by atoms with van der Waals surface area (Å²) < 4.78 is 7.70. The molecule has 7 heteroatoms. The Bertz CT molecular complexity index is 1090. The number of nitrogens with zero attached hydrogens (tertiary/aromatic N) is 4. The first-order valence-electron chi connectivity index (χ1n) is 10.0. The lowest BCUT2D eigenvalue weighted by atomic mass is 10.1. The Morgan fingerprint density at radius 2 is 2.28 bits per heavy atom. The SMILES string of the molecule is COc1cc2ncc(-c3cccc(NC4CCNC4)n3)n2cc1C1=CCCN=C1. The average Bonchev–Trinajstić information content (AvgIpc) is 3.43. The summed E-state index contributed by atoms with van der Waals surface area (Å²) in [4.78, 5) is 13.8. The smallest absolute Gasteiger partial charge is 0.140 e. The highest BCUT2D eigenvalue weighted by Crippen LogP contribution is 2.30. The van der Waals surface area contributed by atoms with Crippen molar-refractivity contribution in [1.29, 1.82) is 0 Å². The molecule has 7 nitrogen and oxygen atoms in total. The van der Waals surface area contributed by atoms with E-state index >= 15 is 0 Å². The number of hydrogen-bond acceptors (Lipinski definition) is 6. The Balaban J connectivity index is 1.55. The van der Waals surface area contributed by atoms with Crippen LogP contribution in [0.1, 0.15) is 18.4 Å². The lowest BCUT2D eigenvalue weighted by Gasteiger charge is -2.14. The fourth-order valence-corrected chi connectivity index (χ4v) is 3.91. The summed E-state index contributed by atoms with van der Waals surface area (Å²) in [5.41, 5.74) is 4.75. The number of fused-ring (bicyclic) bond motifs is 1. The van der Waals surface area contributed by atoms with E-state index in [4.69, 9.17) is 9.72 Å². The van der Waals surface area contributed by atoms with Gasteiger partial charge >= 0.3 is 0 Å². The van der Waals surface area contributed by atoms with E-state index in [1.807, 2.05) is 36.7 Å². The monoisotopic (exact) mass is 388 g/mol. The molecule has 148 valence electrons. The third-order valence-electron chi connectivity index (χ3n) is 5.42. The molecule has 5 heterocycles. The first kappa shape index (κ1) is 17.9. The summed E-state index contributed by atoms with van der Waals surface area (Å²) in [5, 5.41) is 6.90. The van der Waals surface area contributed by atoms with Crippen LogP contribution in [0.2, 0.25) is 0 Å². The van der Waals surface area contributed by atoms with Crippen molar-refractivity contribution < 1.29 is 4.74 Å². The van der Waals surface area contributed by atoms with Gasteiger partial charge in [0.05, 0.1) is 24.7 Å². The highest BCUT2D eigenvalue weighted by molar-refractivity contribution is 6.11. The number of anilines is 1. The molecule has 1 atom stereocenters. The number of allylic oxidation sites excluding steroid dienone is 1. The van der Waals surface area contributed by atoms with Crippen molar-refractivity contribution in [1.82, 2.24) is 19.7 Å². The molecular formula is C22H24N6O. The molecule has 0 aromatic carbocycles. The van der Waals surface area contributed by atoms with Gasteiger partial charge in [0.25, 0.3) is 0 Å². The van der Waals surface area contributed by atoms with Crippen molar-refractivity contribution in [3.8, 4) is 17.1 Å². The molecule has 1 fully saturated rings. The zero-order valence-electron chi connectivity index (χ0n) is 16.4. The molecule has 1 unspecified atom stereocenters. The quantitative estimate of drug-likeness (QED) is 0.703. The molecule has 0 radical (unpaired) electrons. The van der Waals surface area contributed by atoms with Crippen LogP contribution in [-0.2, 0) is 0 Å². The topological polar surface area (TPSA) is 75.8 Å². The minimum absolute atomic E-state index is 0.424. The van der Waals surface area contributed by atoms with Crippen molar-refractivity contribution in [2.24, 2.45) is 4.99 Å². The van der Waals surface area contributed by atoms with E-state index in [2.05, 4.69) is 37.3 Å². The molecular weight excluding hydrogens is 364 g/mol. The van der Waals surface area contributed by atoms with Crippen LogP contribution in [0.25, 0.3) is 22.6 Å². The predicted octanol–water partition coefficient (Wildman–Crippen LogP) is 3.04. The minimum Gasteiger partial charge on any atom is -0.496 e. The van der Waals surface area contributed by atoms with E-state index in [-0.39, 0.29) is 0 Å². The maximum absolute atomic E-state index is 5.63. The third kappa shape index (κ3) is 3.49. The largest absolute Gasteiger partial charge is 0.496 e. The molecule has 0 aliphatic carbocycles. The van der Waals surface area contributed by atoms with Gasteiger partial charge in [0.15, 0.2) is 0 Å². The molecule has 2 aliphatic rings. The Hall–Kier alpha value is -3.19. The lowest BCUT2D eigenvalue weighted by molar-refractivity contribution is 0.413. The zero-order chi connectivity index (χ0) is 19.6. The molecule has 29 heavy (non-hydrogen) atoms. The minimum atomic E-state index is 0.424. The van der Waals surface area contributed by atoms with Crippen LogP contribution in [0.5, 0.6) is 5.75 Å². The molecule has 2 N–H and O–H groups in total. The number of aliphatic imine (C=N–C) groups is 1. The van der Waals surface area contributed by atoms with Gasteiger partial charge in [-0.25, -0.2) is 9.97 Å². The summed E-state index contributed by atoms with van der Waals surface area (Å²) in [6.45, 7) is 2.86. The van der Waals surface area contributed by atoms with Gasteiger partial charge < -0.3 is 15.4 Å².